The minimum atomic E-state index is -0.673. The number of hydrogen-bond donors (Lipinski definition) is 0. The highest BCUT2D eigenvalue weighted by molar-refractivity contribution is 6.10. The standard InChI is InChI=1S/C25H20N2O4/c1-14-10-11-19-18(12-14)23(28)21-22(16-7-5-8-17(13-16)30-3)27(25(29)24(21)31-19)20-9-4-6-15(2)26-20/h4-13,22H,1-3H3/t22-/m0/s1. The van der Waals surface area contributed by atoms with E-state index >= 15 is 0 Å². The third-order valence-corrected chi connectivity index (χ3v) is 5.56. The molecule has 0 saturated carbocycles. The van der Waals surface area contributed by atoms with E-state index in [1.807, 2.05) is 56.3 Å². The number of hydrogen-bond acceptors (Lipinski definition) is 5. The van der Waals surface area contributed by atoms with Gasteiger partial charge in [0.15, 0.2) is 5.43 Å². The maximum atomic E-state index is 13.6. The molecule has 0 saturated heterocycles. The van der Waals surface area contributed by atoms with Crippen LogP contribution in [0.3, 0.4) is 0 Å². The van der Waals surface area contributed by atoms with Crippen LogP contribution in [0.25, 0.3) is 11.0 Å². The minimum absolute atomic E-state index is 0.0532. The number of amides is 1. The number of aryl methyl sites for hydroxylation is 2. The van der Waals surface area contributed by atoms with Crippen molar-refractivity contribution in [1.82, 2.24) is 4.98 Å². The predicted molar refractivity (Wildman–Crippen MR) is 118 cm³/mol. The monoisotopic (exact) mass is 412 g/mol. The Morgan fingerprint density at radius 3 is 2.58 bits per heavy atom. The molecular weight excluding hydrogens is 392 g/mol. The first-order valence-corrected chi connectivity index (χ1v) is 9.96. The molecule has 0 unspecified atom stereocenters. The fourth-order valence-corrected chi connectivity index (χ4v) is 4.11. The topological polar surface area (TPSA) is 72.6 Å². The van der Waals surface area contributed by atoms with Crippen LogP contribution in [0, 0.1) is 13.8 Å². The van der Waals surface area contributed by atoms with Crippen LogP contribution >= 0.6 is 0 Å². The van der Waals surface area contributed by atoms with E-state index in [9.17, 15) is 9.59 Å². The molecule has 1 amide bonds. The Labute approximate surface area is 178 Å². The average Bonchev–Trinajstić information content (AvgIpc) is 3.07. The Morgan fingerprint density at radius 2 is 1.81 bits per heavy atom. The second-order valence-electron chi connectivity index (χ2n) is 7.67. The summed E-state index contributed by atoms with van der Waals surface area (Å²) >= 11 is 0. The summed E-state index contributed by atoms with van der Waals surface area (Å²) in [5.41, 5.74) is 2.96. The quantitative estimate of drug-likeness (QED) is 0.493. The van der Waals surface area contributed by atoms with Gasteiger partial charge in [0, 0.05) is 5.69 Å². The van der Waals surface area contributed by atoms with E-state index in [0.717, 1.165) is 16.8 Å². The molecule has 4 aromatic rings. The van der Waals surface area contributed by atoms with E-state index in [4.69, 9.17) is 9.15 Å². The summed E-state index contributed by atoms with van der Waals surface area (Å²) in [6, 6.07) is 17.5. The average molecular weight is 412 g/mol. The van der Waals surface area contributed by atoms with Crippen LogP contribution in [0.5, 0.6) is 5.75 Å². The Bertz CT molecular complexity index is 1410. The normalized spacial score (nSPS) is 15.4. The zero-order valence-electron chi connectivity index (χ0n) is 17.4. The molecule has 3 heterocycles. The summed E-state index contributed by atoms with van der Waals surface area (Å²) in [5, 5.41) is 0.457. The Balaban J connectivity index is 1.83. The van der Waals surface area contributed by atoms with Crippen molar-refractivity contribution in [3.63, 3.8) is 0 Å². The molecule has 0 N–H and O–H groups in total. The largest absolute Gasteiger partial charge is 0.497 e. The van der Waals surface area contributed by atoms with Crippen molar-refractivity contribution in [2.75, 3.05) is 12.0 Å². The Morgan fingerprint density at radius 1 is 1.00 bits per heavy atom. The zero-order chi connectivity index (χ0) is 21.7. The van der Waals surface area contributed by atoms with Crippen LogP contribution in [0.1, 0.15) is 39.0 Å². The molecule has 31 heavy (non-hydrogen) atoms. The molecule has 0 spiro atoms. The van der Waals surface area contributed by atoms with Gasteiger partial charge in [0.25, 0.3) is 5.91 Å². The maximum Gasteiger partial charge on any atom is 0.296 e. The van der Waals surface area contributed by atoms with Gasteiger partial charge in [-0.15, -0.1) is 0 Å². The van der Waals surface area contributed by atoms with E-state index in [1.165, 1.54) is 4.90 Å². The number of methoxy groups -OCH3 is 1. The number of benzene rings is 2. The first kappa shape index (κ1) is 19.1. The van der Waals surface area contributed by atoms with E-state index in [1.54, 1.807) is 25.3 Å². The molecule has 0 aliphatic carbocycles. The molecular formula is C25H20N2O4. The summed E-state index contributed by atoms with van der Waals surface area (Å²) in [4.78, 5) is 33.2. The van der Waals surface area contributed by atoms with Crippen molar-refractivity contribution in [2.24, 2.45) is 0 Å². The molecule has 1 atom stereocenters. The number of rotatable bonds is 3. The lowest BCUT2D eigenvalue weighted by molar-refractivity contribution is 0.0970. The van der Waals surface area contributed by atoms with Crippen molar-refractivity contribution in [3.8, 4) is 5.75 Å². The number of carbonyl (C=O) groups excluding carboxylic acids is 1. The molecule has 5 rings (SSSR count). The molecule has 1 aliphatic heterocycles. The second-order valence-corrected chi connectivity index (χ2v) is 7.67. The SMILES string of the molecule is COc1cccc([C@H]2c3c(oc4ccc(C)cc4c3=O)C(=O)N2c2cccc(C)n2)c1. The van der Waals surface area contributed by atoms with Crippen molar-refractivity contribution in [1.29, 1.82) is 0 Å². The number of nitrogens with zero attached hydrogens (tertiary/aromatic N) is 2. The molecule has 2 aromatic heterocycles. The van der Waals surface area contributed by atoms with Crippen LogP contribution in [-0.2, 0) is 0 Å². The van der Waals surface area contributed by atoms with Crippen molar-refractivity contribution in [2.45, 2.75) is 19.9 Å². The van der Waals surface area contributed by atoms with E-state index in [-0.39, 0.29) is 17.1 Å². The highest BCUT2D eigenvalue weighted by Crippen LogP contribution is 2.41. The second kappa shape index (κ2) is 7.09. The molecule has 154 valence electrons. The number of anilines is 1. The molecule has 0 fully saturated rings. The molecule has 6 heteroatoms. The lowest BCUT2D eigenvalue weighted by Gasteiger charge is -2.24. The predicted octanol–water partition coefficient (Wildman–Crippen LogP) is 4.56. The zero-order valence-corrected chi connectivity index (χ0v) is 17.4. The van der Waals surface area contributed by atoms with Crippen LogP contribution in [0.4, 0.5) is 5.82 Å². The summed E-state index contributed by atoms with van der Waals surface area (Å²) < 4.78 is 11.4. The van der Waals surface area contributed by atoms with Crippen LogP contribution in [0.2, 0.25) is 0 Å². The molecule has 6 nitrogen and oxygen atoms in total. The van der Waals surface area contributed by atoms with Crippen LogP contribution < -0.4 is 15.1 Å². The summed E-state index contributed by atoms with van der Waals surface area (Å²) in [6.45, 7) is 3.78. The minimum Gasteiger partial charge on any atom is -0.497 e. The Kier molecular flexibility index (Phi) is 4.36. The van der Waals surface area contributed by atoms with Gasteiger partial charge in [-0.3, -0.25) is 14.5 Å². The third kappa shape index (κ3) is 2.99. The van der Waals surface area contributed by atoms with Gasteiger partial charge in [-0.1, -0.05) is 29.8 Å². The van der Waals surface area contributed by atoms with Gasteiger partial charge in [-0.05, 0) is 55.8 Å². The molecule has 0 bridgehead atoms. The van der Waals surface area contributed by atoms with E-state index in [2.05, 4.69) is 4.98 Å². The van der Waals surface area contributed by atoms with Gasteiger partial charge in [0.05, 0.1) is 24.1 Å². The van der Waals surface area contributed by atoms with Gasteiger partial charge >= 0.3 is 0 Å². The summed E-state index contributed by atoms with van der Waals surface area (Å²) in [5.74, 6) is 0.762. The highest BCUT2D eigenvalue weighted by Gasteiger charge is 2.44. The van der Waals surface area contributed by atoms with Gasteiger partial charge in [-0.2, -0.15) is 0 Å². The highest BCUT2D eigenvalue weighted by atomic mass is 16.5. The maximum absolute atomic E-state index is 13.6. The number of aromatic nitrogens is 1. The lowest BCUT2D eigenvalue weighted by Crippen LogP contribution is -2.30. The number of carbonyl (C=O) groups is 1. The smallest absolute Gasteiger partial charge is 0.296 e. The number of fused-ring (bicyclic) bond motifs is 2. The summed E-state index contributed by atoms with van der Waals surface area (Å²) in [7, 11) is 1.58. The summed E-state index contributed by atoms with van der Waals surface area (Å²) in [6.07, 6.45) is 0. The van der Waals surface area contributed by atoms with Crippen LogP contribution in [0.15, 0.2) is 69.9 Å². The van der Waals surface area contributed by atoms with Crippen molar-refractivity contribution < 1.29 is 13.9 Å². The first-order valence-electron chi connectivity index (χ1n) is 9.96. The molecule has 0 radical (unpaired) electrons. The molecule has 1 aliphatic rings. The van der Waals surface area contributed by atoms with Gasteiger partial charge < -0.3 is 9.15 Å². The van der Waals surface area contributed by atoms with Crippen LogP contribution in [-0.4, -0.2) is 18.0 Å². The number of ether oxygens (including phenoxy) is 1. The number of pyridine rings is 1. The lowest BCUT2D eigenvalue weighted by atomic mass is 9.98. The third-order valence-electron chi connectivity index (χ3n) is 5.56. The fourth-order valence-electron chi connectivity index (χ4n) is 4.11. The van der Waals surface area contributed by atoms with Gasteiger partial charge in [0.1, 0.15) is 17.2 Å². The van der Waals surface area contributed by atoms with Crippen molar-refractivity contribution in [3.05, 3.63) is 99.0 Å². The molecule has 2 aromatic carbocycles. The van der Waals surface area contributed by atoms with E-state index in [0.29, 0.717) is 28.1 Å². The van der Waals surface area contributed by atoms with Gasteiger partial charge in [0.2, 0.25) is 5.76 Å². The van der Waals surface area contributed by atoms with E-state index < -0.39 is 6.04 Å². The van der Waals surface area contributed by atoms with Crippen molar-refractivity contribution >= 4 is 22.7 Å². The fraction of sp³-hybridized carbons (Fsp3) is 0.160. The first-order chi connectivity index (χ1) is 15.0. The Hall–Kier alpha value is -3.93. The van der Waals surface area contributed by atoms with Gasteiger partial charge in [-0.25, -0.2) is 4.98 Å².